The van der Waals surface area contributed by atoms with Crippen molar-refractivity contribution in [2.24, 2.45) is 0 Å². The second-order valence-electron chi connectivity index (χ2n) is 3.84. The Balaban J connectivity index is 0.00000256. The summed E-state index contributed by atoms with van der Waals surface area (Å²) in [6.45, 7) is 6.01. The molecule has 0 aromatic heterocycles. The van der Waals surface area contributed by atoms with Crippen LogP contribution >= 0.6 is 31.8 Å². The van der Waals surface area contributed by atoms with Crippen LogP contribution in [0, 0.1) is 6.92 Å². The Morgan fingerprint density at radius 3 is 2.53 bits per heavy atom. The Bertz CT molecular complexity index is 410. The maximum absolute atomic E-state index is 12.1. The molecule has 0 amide bonds. The van der Waals surface area contributed by atoms with Crippen LogP contribution in [0.2, 0.25) is 10.0 Å². The molecular weight excluding hydrogens is 269 g/mol. The van der Waals surface area contributed by atoms with Crippen LogP contribution in [0.5, 0.6) is 0 Å². The normalized spacial score (nSPS) is 12.5. The summed E-state index contributed by atoms with van der Waals surface area (Å²) < 4.78 is 0. The Kier molecular flexibility index (Phi) is 8.06. The van der Waals surface area contributed by atoms with Crippen molar-refractivity contribution < 1.29 is 4.79 Å². The molecule has 0 aliphatic rings. The minimum atomic E-state index is 0. The van der Waals surface area contributed by atoms with Crippen LogP contribution in [-0.2, 0) is 0 Å². The van der Waals surface area contributed by atoms with Crippen molar-refractivity contribution in [2.45, 2.75) is 32.9 Å². The standard InChI is InChI=1S/C12H15Cl2OP.Li/c1-4-8(3)16-12(15)10-9(13)6-5-7(2)11(10)14;/h5-6,8,16H,4H2,1-3H3;. The SMILES string of the molecule is CCC(C)PC(=O)c1c(Cl)ccc(C)c1Cl.[Li]. The number of carbonyl (C=O) groups is 1. The number of benzene rings is 1. The fourth-order valence-electron chi connectivity index (χ4n) is 1.26. The van der Waals surface area contributed by atoms with Crippen LogP contribution in [0.1, 0.15) is 36.2 Å². The molecule has 0 heterocycles. The zero-order chi connectivity index (χ0) is 12.3. The van der Waals surface area contributed by atoms with Crippen molar-refractivity contribution >= 4 is 56.2 Å². The summed E-state index contributed by atoms with van der Waals surface area (Å²) in [5.74, 6) is 0. The van der Waals surface area contributed by atoms with Gasteiger partial charge in [-0.1, -0.05) is 43.1 Å². The number of hydrogen-bond donors (Lipinski definition) is 0. The second-order valence-corrected chi connectivity index (χ2v) is 6.35. The third kappa shape index (κ3) is 4.59. The quantitative estimate of drug-likeness (QED) is 0.586. The molecule has 5 heteroatoms. The van der Waals surface area contributed by atoms with E-state index in [-0.39, 0.29) is 33.0 Å². The summed E-state index contributed by atoms with van der Waals surface area (Å²) in [6, 6.07) is 3.56. The molecule has 0 saturated carbocycles. The van der Waals surface area contributed by atoms with Crippen molar-refractivity contribution in [2.75, 3.05) is 0 Å². The van der Waals surface area contributed by atoms with Gasteiger partial charge in [-0.05, 0) is 39.2 Å². The van der Waals surface area contributed by atoms with E-state index in [2.05, 4.69) is 13.8 Å². The van der Waals surface area contributed by atoms with Crippen LogP contribution < -0.4 is 0 Å². The van der Waals surface area contributed by atoms with Gasteiger partial charge in [-0.3, -0.25) is 4.79 Å². The third-order valence-electron chi connectivity index (χ3n) is 2.50. The maximum atomic E-state index is 12.1. The van der Waals surface area contributed by atoms with E-state index in [1.54, 1.807) is 6.07 Å². The van der Waals surface area contributed by atoms with Crippen LogP contribution in [0.25, 0.3) is 0 Å². The largest absolute Gasteiger partial charge is 0.289 e. The van der Waals surface area contributed by atoms with Gasteiger partial charge in [0.2, 0.25) is 0 Å². The number of rotatable bonds is 4. The van der Waals surface area contributed by atoms with Gasteiger partial charge in [-0.15, -0.1) is 0 Å². The van der Waals surface area contributed by atoms with E-state index in [4.69, 9.17) is 23.2 Å². The van der Waals surface area contributed by atoms with E-state index in [9.17, 15) is 4.79 Å². The Labute approximate surface area is 127 Å². The van der Waals surface area contributed by atoms with Crippen molar-refractivity contribution in [3.05, 3.63) is 33.3 Å². The van der Waals surface area contributed by atoms with E-state index in [0.717, 1.165) is 12.0 Å². The number of hydrogen-bond acceptors (Lipinski definition) is 1. The van der Waals surface area contributed by atoms with E-state index in [0.29, 0.717) is 21.3 Å². The first-order valence-electron chi connectivity index (χ1n) is 5.22. The maximum Gasteiger partial charge on any atom is 0.184 e. The number of halogens is 2. The van der Waals surface area contributed by atoms with Crippen LogP contribution in [0.15, 0.2) is 12.1 Å². The van der Waals surface area contributed by atoms with Gasteiger partial charge in [0.05, 0.1) is 15.6 Å². The van der Waals surface area contributed by atoms with E-state index < -0.39 is 0 Å². The minimum absolute atomic E-state index is 0. The van der Waals surface area contributed by atoms with E-state index in [1.807, 2.05) is 13.0 Å². The van der Waals surface area contributed by atoms with Gasteiger partial charge in [0.15, 0.2) is 5.52 Å². The van der Waals surface area contributed by atoms with E-state index >= 15 is 0 Å². The average molecular weight is 284 g/mol. The van der Waals surface area contributed by atoms with Gasteiger partial charge >= 0.3 is 0 Å². The first-order valence-corrected chi connectivity index (χ1v) is 7.06. The number of carbonyl (C=O) groups excluding carboxylic acids is 1. The molecular formula is C12H15Cl2LiOP. The molecule has 0 N–H and O–H groups in total. The summed E-state index contributed by atoms with van der Waals surface area (Å²) in [5, 5.41) is 0.949. The summed E-state index contributed by atoms with van der Waals surface area (Å²) >= 11 is 12.1. The molecule has 17 heavy (non-hydrogen) atoms. The van der Waals surface area contributed by atoms with Gasteiger partial charge in [-0.25, -0.2) is 0 Å². The van der Waals surface area contributed by atoms with Gasteiger partial charge in [0.25, 0.3) is 0 Å². The van der Waals surface area contributed by atoms with Gasteiger partial charge in [0, 0.05) is 18.9 Å². The Morgan fingerprint density at radius 1 is 1.41 bits per heavy atom. The Morgan fingerprint density at radius 2 is 2.00 bits per heavy atom. The monoisotopic (exact) mass is 283 g/mol. The molecule has 0 spiro atoms. The minimum Gasteiger partial charge on any atom is -0.289 e. The van der Waals surface area contributed by atoms with Crippen LogP contribution in [-0.4, -0.2) is 30.0 Å². The summed E-state index contributed by atoms with van der Waals surface area (Å²) in [4.78, 5) is 12.1. The predicted molar refractivity (Wildman–Crippen MR) is 79.4 cm³/mol. The molecule has 0 bridgehead atoms. The van der Waals surface area contributed by atoms with Crippen LogP contribution in [0.3, 0.4) is 0 Å². The van der Waals surface area contributed by atoms with Gasteiger partial charge in [-0.2, -0.15) is 0 Å². The first kappa shape index (κ1) is 17.5. The fraction of sp³-hybridized carbons (Fsp3) is 0.417. The first-order chi connectivity index (χ1) is 7.47. The van der Waals surface area contributed by atoms with Gasteiger partial charge < -0.3 is 0 Å². The zero-order valence-electron chi connectivity index (χ0n) is 10.6. The molecule has 0 fully saturated rings. The molecule has 89 valence electrons. The third-order valence-corrected chi connectivity index (χ3v) is 4.72. The summed E-state index contributed by atoms with van der Waals surface area (Å²) in [5.41, 5.74) is 1.83. The topological polar surface area (TPSA) is 17.1 Å². The summed E-state index contributed by atoms with van der Waals surface area (Å²) in [6.07, 6.45) is 0.991. The molecule has 2 unspecified atom stereocenters. The molecule has 0 aliphatic heterocycles. The smallest absolute Gasteiger partial charge is 0.184 e. The van der Waals surface area contributed by atoms with Crippen molar-refractivity contribution in [1.82, 2.24) is 0 Å². The fourth-order valence-corrected chi connectivity index (χ4v) is 3.02. The van der Waals surface area contributed by atoms with Crippen molar-refractivity contribution in [3.8, 4) is 0 Å². The number of aryl methyl sites for hydroxylation is 1. The molecule has 1 rings (SSSR count). The predicted octanol–water partition coefficient (Wildman–Crippen LogP) is 4.54. The Hall–Kier alpha value is 0.497. The zero-order valence-corrected chi connectivity index (χ0v) is 13.1. The van der Waals surface area contributed by atoms with Crippen molar-refractivity contribution in [1.29, 1.82) is 0 Å². The van der Waals surface area contributed by atoms with Gasteiger partial charge in [0.1, 0.15) is 0 Å². The molecule has 2 atom stereocenters. The molecule has 0 aliphatic carbocycles. The molecule has 1 aromatic rings. The molecule has 1 aromatic carbocycles. The molecule has 0 saturated heterocycles. The summed E-state index contributed by atoms with van der Waals surface area (Å²) in [7, 11) is 0.239. The average Bonchev–Trinajstić information content (AvgIpc) is 2.24. The molecule has 1 radical (unpaired) electrons. The van der Waals surface area contributed by atoms with Crippen LogP contribution in [0.4, 0.5) is 0 Å². The van der Waals surface area contributed by atoms with E-state index in [1.165, 1.54) is 0 Å². The molecule has 1 nitrogen and oxygen atoms in total. The second kappa shape index (κ2) is 7.83. The van der Waals surface area contributed by atoms with Crippen molar-refractivity contribution in [3.63, 3.8) is 0 Å².